The number of methoxy groups -OCH3 is 1. The molecule has 0 radical (unpaired) electrons. The van der Waals surface area contributed by atoms with Gasteiger partial charge in [-0.3, -0.25) is 4.79 Å². The Morgan fingerprint density at radius 2 is 1.89 bits per heavy atom. The van der Waals surface area contributed by atoms with E-state index in [-0.39, 0.29) is 11.9 Å². The predicted molar refractivity (Wildman–Crippen MR) is 115 cm³/mol. The number of carbonyl (C=O) groups is 1. The highest BCUT2D eigenvalue weighted by atomic mass is 16.5. The highest BCUT2D eigenvalue weighted by Gasteiger charge is 2.17. The lowest BCUT2D eigenvalue weighted by Gasteiger charge is -2.33. The Hall–Kier alpha value is -2.49. The van der Waals surface area contributed by atoms with Crippen molar-refractivity contribution in [3.8, 4) is 5.75 Å². The quantitative estimate of drug-likeness (QED) is 0.754. The fourth-order valence-corrected chi connectivity index (χ4v) is 3.84. The van der Waals surface area contributed by atoms with Crippen LogP contribution in [0, 0.1) is 5.92 Å². The monoisotopic (exact) mass is 380 g/mol. The van der Waals surface area contributed by atoms with Crippen LogP contribution in [-0.2, 0) is 11.2 Å². The molecule has 0 aromatic heterocycles. The van der Waals surface area contributed by atoms with Crippen LogP contribution >= 0.6 is 0 Å². The van der Waals surface area contributed by atoms with Crippen molar-refractivity contribution in [2.45, 2.75) is 45.6 Å². The maximum Gasteiger partial charge on any atom is 0.220 e. The summed E-state index contributed by atoms with van der Waals surface area (Å²) >= 11 is 0. The van der Waals surface area contributed by atoms with Crippen LogP contribution in [0.5, 0.6) is 5.75 Å². The van der Waals surface area contributed by atoms with Gasteiger partial charge in [0.25, 0.3) is 0 Å². The number of benzene rings is 2. The number of hydrogen-bond acceptors (Lipinski definition) is 3. The lowest BCUT2D eigenvalue weighted by atomic mass is 9.99. The molecule has 2 aromatic carbocycles. The number of amides is 1. The number of nitrogens with one attached hydrogen (secondary N) is 1. The summed E-state index contributed by atoms with van der Waals surface area (Å²) in [6.07, 6.45) is 3.81. The molecule has 150 valence electrons. The number of nitrogens with zero attached hydrogens (tertiary/aromatic N) is 1. The van der Waals surface area contributed by atoms with Crippen LogP contribution in [0.3, 0.4) is 0 Å². The fourth-order valence-electron chi connectivity index (χ4n) is 3.84. The molecule has 0 saturated carbocycles. The molecular formula is C24H32N2O2. The summed E-state index contributed by atoms with van der Waals surface area (Å²) in [5.74, 6) is 1.68. The molecule has 1 fully saturated rings. The summed E-state index contributed by atoms with van der Waals surface area (Å²) in [5, 5.41) is 3.12. The smallest absolute Gasteiger partial charge is 0.220 e. The number of piperidine rings is 1. The average Bonchev–Trinajstić information content (AvgIpc) is 2.72. The SMILES string of the molecule is COc1ccc(CCC(=O)NC(C)c2ccc(N3CCCC(C)C3)cc2)cc1. The molecule has 1 saturated heterocycles. The Morgan fingerprint density at radius 1 is 1.18 bits per heavy atom. The van der Waals surface area contributed by atoms with E-state index in [4.69, 9.17) is 4.74 Å². The highest BCUT2D eigenvalue weighted by molar-refractivity contribution is 5.76. The van der Waals surface area contributed by atoms with Gasteiger partial charge >= 0.3 is 0 Å². The van der Waals surface area contributed by atoms with E-state index in [1.807, 2.05) is 31.2 Å². The van der Waals surface area contributed by atoms with Crippen molar-refractivity contribution < 1.29 is 9.53 Å². The van der Waals surface area contributed by atoms with Crippen molar-refractivity contribution in [1.82, 2.24) is 5.32 Å². The first-order valence-corrected chi connectivity index (χ1v) is 10.3. The molecule has 0 spiro atoms. The van der Waals surface area contributed by atoms with Crippen LogP contribution in [-0.4, -0.2) is 26.1 Å². The van der Waals surface area contributed by atoms with E-state index < -0.39 is 0 Å². The minimum Gasteiger partial charge on any atom is -0.497 e. The van der Waals surface area contributed by atoms with Gasteiger partial charge in [-0.2, -0.15) is 0 Å². The summed E-state index contributed by atoms with van der Waals surface area (Å²) in [7, 11) is 1.66. The third-order valence-electron chi connectivity index (χ3n) is 5.59. The third-order valence-corrected chi connectivity index (χ3v) is 5.59. The fraction of sp³-hybridized carbons (Fsp3) is 0.458. The Kier molecular flexibility index (Phi) is 6.96. The van der Waals surface area contributed by atoms with Gasteiger partial charge in [-0.25, -0.2) is 0 Å². The Morgan fingerprint density at radius 3 is 2.54 bits per heavy atom. The van der Waals surface area contributed by atoms with E-state index in [0.717, 1.165) is 42.3 Å². The zero-order chi connectivity index (χ0) is 19.9. The van der Waals surface area contributed by atoms with Gasteiger partial charge in [0.05, 0.1) is 13.2 Å². The van der Waals surface area contributed by atoms with E-state index in [1.165, 1.54) is 18.5 Å². The molecule has 28 heavy (non-hydrogen) atoms. The number of hydrogen-bond donors (Lipinski definition) is 1. The maximum absolute atomic E-state index is 12.3. The number of anilines is 1. The van der Waals surface area contributed by atoms with E-state index in [0.29, 0.717) is 6.42 Å². The maximum atomic E-state index is 12.3. The summed E-state index contributed by atoms with van der Waals surface area (Å²) in [4.78, 5) is 14.8. The van der Waals surface area contributed by atoms with Crippen molar-refractivity contribution >= 4 is 11.6 Å². The predicted octanol–water partition coefficient (Wildman–Crippen LogP) is 4.74. The minimum atomic E-state index is 0.0118. The lowest BCUT2D eigenvalue weighted by Crippen LogP contribution is -2.34. The van der Waals surface area contributed by atoms with Crippen LogP contribution in [0.4, 0.5) is 5.69 Å². The number of aryl methyl sites for hydroxylation is 1. The van der Waals surface area contributed by atoms with Gasteiger partial charge in [0.2, 0.25) is 5.91 Å². The van der Waals surface area contributed by atoms with Gasteiger partial charge in [-0.15, -0.1) is 0 Å². The Labute approximate surface area is 168 Å². The molecule has 2 unspecified atom stereocenters. The first kappa shape index (κ1) is 20.2. The Bertz CT molecular complexity index is 755. The molecule has 1 amide bonds. The van der Waals surface area contributed by atoms with Gasteiger partial charge in [-0.05, 0) is 67.5 Å². The van der Waals surface area contributed by atoms with Crippen LogP contribution in [0.1, 0.15) is 50.3 Å². The third kappa shape index (κ3) is 5.51. The molecular weight excluding hydrogens is 348 g/mol. The molecule has 2 aromatic rings. The number of rotatable bonds is 7. The summed E-state index contributed by atoms with van der Waals surface area (Å²) in [6.45, 7) is 6.64. The van der Waals surface area contributed by atoms with Crippen molar-refractivity contribution in [3.63, 3.8) is 0 Å². The Balaban J connectivity index is 1.49. The van der Waals surface area contributed by atoms with Crippen LogP contribution in [0.25, 0.3) is 0 Å². The summed E-state index contributed by atoms with van der Waals surface area (Å²) in [6, 6.07) is 16.6. The van der Waals surface area contributed by atoms with Crippen molar-refractivity contribution in [2.75, 3.05) is 25.1 Å². The van der Waals surface area contributed by atoms with Gasteiger partial charge in [0.1, 0.15) is 5.75 Å². The zero-order valence-corrected chi connectivity index (χ0v) is 17.3. The van der Waals surface area contributed by atoms with E-state index >= 15 is 0 Å². The van der Waals surface area contributed by atoms with Crippen molar-refractivity contribution in [3.05, 3.63) is 59.7 Å². The second-order valence-electron chi connectivity index (χ2n) is 7.92. The normalized spacial score (nSPS) is 17.8. The molecule has 2 atom stereocenters. The largest absolute Gasteiger partial charge is 0.497 e. The van der Waals surface area contributed by atoms with Gasteiger partial charge in [0.15, 0.2) is 0 Å². The van der Waals surface area contributed by atoms with E-state index in [9.17, 15) is 4.79 Å². The minimum absolute atomic E-state index is 0.0118. The molecule has 0 bridgehead atoms. The molecule has 4 nitrogen and oxygen atoms in total. The summed E-state index contributed by atoms with van der Waals surface area (Å²) in [5.41, 5.74) is 3.57. The standard InChI is InChI=1S/C24H32N2O2/c1-18-5-4-16-26(17-18)22-11-9-21(10-12-22)19(2)25-24(27)15-8-20-6-13-23(28-3)14-7-20/h6-7,9-14,18-19H,4-5,8,15-17H2,1-3H3,(H,25,27). The second-order valence-corrected chi connectivity index (χ2v) is 7.92. The molecule has 0 aliphatic carbocycles. The van der Waals surface area contributed by atoms with Gasteiger partial charge in [0, 0.05) is 25.2 Å². The summed E-state index contributed by atoms with van der Waals surface area (Å²) < 4.78 is 5.17. The topological polar surface area (TPSA) is 41.6 Å². The zero-order valence-electron chi connectivity index (χ0n) is 17.3. The van der Waals surface area contributed by atoms with E-state index in [2.05, 4.69) is 41.4 Å². The molecule has 1 N–H and O–H groups in total. The average molecular weight is 381 g/mol. The molecule has 1 aliphatic rings. The second kappa shape index (κ2) is 9.63. The molecule has 3 rings (SSSR count). The lowest BCUT2D eigenvalue weighted by molar-refractivity contribution is -0.121. The molecule has 1 aliphatic heterocycles. The number of carbonyl (C=O) groups excluding carboxylic acids is 1. The van der Waals surface area contributed by atoms with Crippen molar-refractivity contribution in [1.29, 1.82) is 0 Å². The van der Waals surface area contributed by atoms with Crippen LogP contribution < -0.4 is 15.0 Å². The van der Waals surface area contributed by atoms with Crippen LogP contribution in [0.15, 0.2) is 48.5 Å². The molecule has 1 heterocycles. The van der Waals surface area contributed by atoms with Gasteiger partial charge in [-0.1, -0.05) is 31.2 Å². The number of ether oxygens (including phenoxy) is 1. The van der Waals surface area contributed by atoms with Crippen LogP contribution in [0.2, 0.25) is 0 Å². The highest BCUT2D eigenvalue weighted by Crippen LogP contribution is 2.24. The molecule has 4 heteroatoms. The van der Waals surface area contributed by atoms with Crippen molar-refractivity contribution in [2.24, 2.45) is 5.92 Å². The van der Waals surface area contributed by atoms with E-state index in [1.54, 1.807) is 7.11 Å². The first-order chi connectivity index (χ1) is 13.5. The van der Waals surface area contributed by atoms with Gasteiger partial charge < -0.3 is 15.0 Å². The first-order valence-electron chi connectivity index (χ1n) is 10.3.